The Morgan fingerprint density at radius 3 is 2.48 bits per heavy atom. The van der Waals surface area contributed by atoms with E-state index in [0.29, 0.717) is 25.9 Å². The van der Waals surface area contributed by atoms with Crippen LogP contribution in [0, 0.1) is 5.92 Å². The first kappa shape index (κ1) is 17.8. The zero-order valence-electron chi connectivity index (χ0n) is 15.5. The number of rotatable bonds is 2. The molecule has 1 N–H and O–H groups in total. The average Bonchev–Trinajstić information content (AvgIpc) is 3.23. The number of piperidine rings is 1. The number of nitrogens with zero attached hydrogens (tertiary/aromatic N) is 2. The molecule has 2 aliphatic rings. The first-order valence-corrected chi connectivity index (χ1v) is 9.27. The molecule has 3 heterocycles. The van der Waals surface area contributed by atoms with Gasteiger partial charge in [0, 0.05) is 37.4 Å². The molecule has 2 fully saturated rings. The van der Waals surface area contributed by atoms with Gasteiger partial charge in [-0.3, -0.25) is 4.79 Å². The number of nitrogens with one attached hydrogen (secondary N) is 1. The number of H-pyrrole nitrogens is 1. The summed E-state index contributed by atoms with van der Waals surface area (Å²) in [5.74, 6) is 0.246. The van der Waals surface area contributed by atoms with Crippen molar-refractivity contribution in [3.8, 4) is 0 Å². The molecular formula is C19H29N3O3. The number of amides is 2. The molecule has 1 aromatic heterocycles. The molecule has 0 spiro atoms. The minimum atomic E-state index is -0.484. The van der Waals surface area contributed by atoms with Gasteiger partial charge in [0.2, 0.25) is 5.91 Å². The van der Waals surface area contributed by atoms with Crippen molar-refractivity contribution in [1.82, 2.24) is 14.8 Å². The molecule has 3 rings (SSSR count). The van der Waals surface area contributed by atoms with Gasteiger partial charge >= 0.3 is 6.09 Å². The van der Waals surface area contributed by atoms with Gasteiger partial charge in [-0.1, -0.05) is 0 Å². The van der Waals surface area contributed by atoms with Gasteiger partial charge in [-0.05, 0) is 58.6 Å². The van der Waals surface area contributed by atoms with Crippen LogP contribution in [0.3, 0.4) is 0 Å². The molecule has 2 saturated heterocycles. The number of carbonyl (C=O) groups is 2. The van der Waals surface area contributed by atoms with Crippen molar-refractivity contribution in [3.63, 3.8) is 0 Å². The second kappa shape index (κ2) is 7.10. The molecule has 1 unspecified atom stereocenters. The number of hydrogen-bond donors (Lipinski definition) is 1. The maximum Gasteiger partial charge on any atom is 0.410 e. The van der Waals surface area contributed by atoms with Crippen LogP contribution in [0.5, 0.6) is 0 Å². The highest BCUT2D eigenvalue weighted by Gasteiger charge is 2.37. The summed E-state index contributed by atoms with van der Waals surface area (Å²) < 4.78 is 5.43. The van der Waals surface area contributed by atoms with E-state index in [0.717, 1.165) is 25.1 Å². The Hall–Kier alpha value is -1.98. The molecule has 138 valence electrons. The highest BCUT2D eigenvalue weighted by Crippen LogP contribution is 2.34. The lowest BCUT2D eigenvalue weighted by atomic mass is 9.95. The first-order valence-electron chi connectivity index (χ1n) is 9.27. The van der Waals surface area contributed by atoms with Crippen molar-refractivity contribution in [1.29, 1.82) is 0 Å². The highest BCUT2D eigenvalue weighted by atomic mass is 16.6. The summed E-state index contributed by atoms with van der Waals surface area (Å²) in [5, 5.41) is 0. The van der Waals surface area contributed by atoms with Crippen molar-refractivity contribution < 1.29 is 14.3 Å². The molecule has 2 amide bonds. The van der Waals surface area contributed by atoms with E-state index >= 15 is 0 Å². The lowest BCUT2D eigenvalue weighted by Crippen LogP contribution is -2.45. The summed E-state index contributed by atoms with van der Waals surface area (Å²) in [4.78, 5) is 32.1. The van der Waals surface area contributed by atoms with Gasteiger partial charge in [0.1, 0.15) is 5.60 Å². The fourth-order valence-electron chi connectivity index (χ4n) is 3.78. The van der Waals surface area contributed by atoms with Crippen molar-refractivity contribution in [2.75, 3.05) is 19.6 Å². The van der Waals surface area contributed by atoms with Gasteiger partial charge in [-0.15, -0.1) is 0 Å². The molecular weight excluding hydrogens is 318 g/mol. The zero-order valence-corrected chi connectivity index (χ0v) is 15.5. The Morgan fingerprint density at radius 1 is 1.16 bits per heavy atom. The summed E-state index contributed by atoms with van der Waals surface area (Å²) in [6.07, 6.45) is 5.13. The summed E-state index contributed by atoms with van der Waals surface area (Å²) in [5.41, 5.74) is 0.639. The largest absolute Gasteiger partial charge is 0.444 e. The van der Waals surface area contributed by atoms with Crippen LogP contribution in [0.4, 0.5) is 4.79 Å². The lowest BCUT2D eigenvalue weighted by molar-refractivity contribution is -0.138. The third kappa shape index (κ3) is 4.17. The van der Waals surface area contributed by atoms with E-state index in [2.05, 4.69) is 11.1 Å². The lowest BCUT2D eigenvalue weighted by Gasteiger charge is -2.35. The zero-order chi connectivity index (χ0) is 18.0. The number of hydrogen-bond acceptors (Lipinski definition) is 3. The second-order valence-electron chi connectivity index (χ2n) is 8.06. The molecule has 0 bridgehead atoms. The highest BCUT2D eigenvalue weighted by molar-refractivity contribution is 5.80. The number of carbonyl (C=O) groups excluding carboxylic acids is 2. The van der Waals surface area contributed by atoms with Crippen LogP contribution in [0.2, 0.25) is 0 Å². The number of likely N-dealkylation sites (tertiary alicyclic amines) is 2. The van der Waals surface area contributed by atoms with E-state index in [9.17, 15) is 9.59 Å². The van der Waals surface area contributed by atoms with Crippen LogP contribution in [-0.2, 0) is 9.53 Å². The van der Waals surface area contributed by atoms with E-state index in [1.165, 1.54) is 0 Å². The van der Waals surface area contributed by atoms with E-state index in [1.807, 2.05) is 37.9 Å². The topological polar surface area (TPSA) is 65.6 Å². The Balaban J connectivity index is 1.56. The smallest absolute Gasteiger partial charge is 0.410 e. The molecule has 6 nitrogen and oxygen atoms in total. The SMILES string of the molecule is CC(C)(C)OC(=O)N1CCC(C(=O)N2CCCC2c2ccc[nH]2)CC1. The van der Waals surface area contributed by atoms with E-state index in [-0.39, 0.29) is 24.0 Å². The van der Waals surface area contributed by atoms with Crippen molar-refractivity contribution in [2.24, 2.45) is 5.92 Å². The van der Waals surface area contributed by atoms with Crippen LogP contribution in [0.1, 0.15) is 58.2 Å². The normalized spacial score (nSPS) is 22.3. The number of ether oxygens (including phenoxy) is 1. The van der Waals surface area contributed by atoms with Crippen molar-refractivity contribution in [2.45, 2.75) is 58.1 Å². The first-order chi connectivity index (χ1) is 11.8. The monoisotopic (exact) mass is 347 g/mol. The third-order valence-corrected chi connectivity index (χ3v) is 5.01. The fourth-order valence-corrected chi connectivity index (χ4v) is 3.78. The van der Waals surface area contributed by atoms with Crippen molar-refractivity contribution in [3.05, 3.63) is 24.0 Å². The van der Waals surface area contributed by atoms with Gasteiger partial charge in [-0.25, -0.2) is 4.79 Å². The van der Waals surface area contributed by atoms with Crippen LogP contribution in [0.25, 0.3) is 0 Å². The Bertz CT molecular complexity index is 598. The minimum absolute atomic E-state index is 0.00856. The maximum absolute atomic E-state index is 13.0. The van der Waals surface area contributed by atoms with Crippen LogP contribution in [-0.4, -0.2) is 52.0 Å². The summed E-state index contributed by atoms with van der Waals surface area (Å²) in [6, 6.07) is 4.21. The minimum Gasteiger partial charge on any atom is -0.444 e. The van der Waals surface area contributed by atoms with Crippen LogP contribution >= 0.6 is 0 Å². The summed E-state index contributed by atoms with van der Waals surface area (Å²) in [6.45, 7) is 7.62. The van der Waals surface area contributed by atoms with Gasteiger partial charge in [-0.2, -0.15) is 0 Å². The predicted octanol–water partition coefficient (Wildman–Crippen LogP) is 3.33. The van der Waals surface area contributed by atoms with Gasteiger partial charge in [0.25, 0.3) is 0 Å². The van der Waals surface area contributed by atoms with E-state index in [1.54, 1.807) is 4.90 Å². The Labute approximate surface area is 149 Å². The molecule has 0 aromatic carbocycles. The number of aromatic nitrogens is 1. The standard InChI is InChI=1S/C19H29N3O3/c1-19(2,3)25-18(24)21-12-8-14(9-13-21)17(23)22-11-5-7-16(22)15-6-4-10-20-15/h4,6,10,14,16,20H,5,7-9,11-13H2,1-3H3. The van der Waals surface area contributed by atoms with Gasteiger partial charge in [0.15, 0.2) is 0 Å². The molecule has 2 aliphatic heterocycles. The summed E-state index contributed by atoms with van der Waals surface area (Å²) >= 11 is 0. The van der Waals surface area contributed by atoms with Crippen LogP contribution < -0.4 is 0 Å². The fraction of sp³-hybridized carbons (Fsp3) is 0.684. The molecule has 25 heavy (non-hydrogen) atoms. The van der Waals surface area contributed by atoms with Gasteiger partial charge in [0.05, 0.1) is 6.04 Å². The Kier molecular flexibility index (Phi) is 5.06. The summed E-state index contributed by atoms with van der Waals surface area (Å²) in [7, 11) is 0. The van der Waals surface area contributed by atoms with Crippen molar-refractivity contribution >= 4 is 12.0 Å². The van der Waals surface area contributed by atoms with E-state index in [4.69, 9.17) is 4.74 Å². The molecule has 6 heteroatoms. The van der Waals surface area contributed by atoms with Crippen LogP contribution in [0.15, 0.2) is 18.3 Å². The molecule has 0 radical (unpaired) electrons. The number of aromatic amines is 1. The average molecular weight is 347 g/mol. The predicted molar refractivity (Wildman–Crippen MR) is 95.0 cm³/mol. The third-order valence-electron chi connectivity index (χ3n) is 5.01. The molecule has 0 saturated carbocycles. The molecule has 1 aromatic rings. The quantitative estimate of drug-likeness (QED) is 0.892. The maximum atomic E-state index is 13.0. The van der Waals surface area contributed by atoms with Gasteiger partial charge < -0.3 is 19.5 Å². The second-order valence-corrected chi connectivity index (χ2v) is 8.06. The molecule has 0 aliphatic carbocycles. The van der Waals surface area contributed by atoms with E-state index < -0.39 is 5.60 Å². The Morgan fingerprint density at radius 2 is 1.88 bits per heavy atom. The molecule has 1 atom stereocenters.